The smallest absolute Gasteiger partial charge is 0.368 e. The molecule has 6 heteroatoms. The maximum atomic E-state index is 13.2. The Labute approximate surface area is 181 Å². The van der Waals surface area contributed by atoms with Gasteiger partial charge >= 0.3 is 6.18 Å². The molecule has 0 amide bonds. The van der Waals surface area contributed by atoms with Crippen LogP contribution in [-0.2, 0) is 11.3 Å². The molecule has 1 aliphatic carbocycles. The zero-order chi connectivity index (χ0) is 22.3. The van der Waals surface area contributed by atoms with Gasteiger partial charge in [-0.05, 0) is 53.9 Å². The summed E-state index contributed by atoms with van der Waals surface area (Å²) in [7, 11) is 0. The molecule has 4 atom stereocenters. The number of ether oxygens (including phenoxy) is 1. The number of hydrogen-bond acceptors (Lipinski definition) is 2. The first kappa shape index (κ1) is 23.1. The third kappa shape index (κ3) is 4.53. The van der Waals surface area contributed by atoms with E-state index in [-0.39, 0.29) is 18.9 Å². The third-order valence-corrected chi connectivity index (χ3v) is 6.95. The lowest BCUT2D eigenvalue weighted by Crippen LogP contribution is -2.37. The molecule has 2 aromatic rings. The van der Waals surface area contributed by atoms with Crippen molar-refractivity contribution in [1.82, 2.24) is 0 Å². The van der Waals surface area contributed by atoms with Gasteiger partial charge in [0.15, 0.2) is 6.29 Å². The number of aliphatic hydroxyl groups excluding tert-OH is 1. The molecule has 0 aromatic heterocycles. The third-order valence-electron chi connectivity index (χ3n) is 6.58. The second-order valence-electron chi connectivity index (χ2n) is 9.01. The largest absolute Gasteiger partial charge is 0.407 e. The summed E-state index contributed by atoms with van der Waals surface area (Å²) in [5.41, 5.74) is 3.69. The molecule has 1 aliphatic rings. The molecule has 164 valence electrons. The summed E-state index contributed by atoms with van der Waals surface area (Å²) < 4.78 is 45.2. The molecule has 1 saturated carbocycles. The SMILES string of the molecule is Cc1c(COC(O)C2C(CC(C)(Cl)C(F)(F)F)C2(C)C)cccc1-c1ccccc1. The minimum Gasteiger partial charge on any atom is -0.368 e. The van der Waals surface area contributed by atoms with Crippen molar-refractivity contribution in [3.63, 3.8) is 0 Å². The van der Waals surface area contributed by atoms with Gasteiger partial charge in [0.05, 0.1) is 6.61 Å². The molecule has 0 saturated heterocycles. The summed E-state index contributed by atoms with van der Waals surface area (Å²) in [5, 5.41) is 10.6. The Hall–Kier alpha value is -1.56. The average molecular weight is 441 g/mol. The molecule has 0 aliphatic heterocycles. The van der Waals surface area contributed by atoms with Crippen molar-refractivity contribution in [3.05, 3.63) is 59.7 Å². The number of hydrogen-bond donors (Lipinski definition) is 1. The van der Waals surface area contributed by atoms with Gasteiger partial charge in [-0.3, -0.25) is 0 Å². The Morgan fingerprint density at radius 1 is 1.10 bits per heavy atom. The predicted molar refractivity (Wildman–Crippen MR) is 113 cm³/mol. The fourth-order valence-corrected chi connectivity index (χ4v) is 4.49. The fraction of sp³-hybridized carbons (Fsp3) is 0.500. The van der Waals surface area contributed by atoms with Gasteiger partial charge in [0.25, 0.3) is 0 Å². The molecule has 2 aromatic carbocycles. The standard InChI is InChI=1S/C24H28ClF3O2/c1-15-17(11-8-12-18(15)16-9-6-5-7-10-16)14-30-21(29)20-19(22(20,2)3)13-23(4,25)24(26,27)28/h5-12,19-21,29H,13-14H2,1-4H3. The Bertz CT molecular complexity index is 878. The molecule has 0 spiro atoms. The lowest BCUT2D eigenvalue weighted by atomic mass is 9.97. The first-order valence-corrected chi connectivity index (χ1v) is 10.4. The summed E-state index contributed by atoms with van der Waals surface area (Å²) in [6, 6.07) is 15.9. The molecule has 0 radical (unpaired) electrons. The summed E-state index contributed by atoms with van der Waals surface area (Å²) >= 11 is 5.77. The van der Waals surface area contributed by atoms with Crippen LogP contribution in [0.2, 0.25) is 0 Å². The summed E-state index contributed by atoms with van der Waals surface area (Å²) in [6.45, 7) is 6.87. The first-order chi connectivity index (χ1) is 13.9. The maximum Gasteiger partial charge on any atom is 0.407 e. The van der Waals surface area contributed by atoms with E-state index in [1.54, 1.807) is 0 Å². The highest BCUT2D eigenvalue weighted by Crippen LogP contribution is 2.64. The van der Waals surface area contributed by atoms with Crippen LogP contribution in [0, 0.1) is 24.2 Å². The van der Waals surface area contributed by atoms with Crippen LogP contribution in [-0.4, -0.2) is 22.4 Å². The van der Waals surface area contributed by atoms with Gasteiger partial charge in [-0.25, -0.2) is 0 Å². The van der Waals surface area contributed by atoms with Crippen molar-refractivity contribution >= 4 is 11.6 Å². The van der Waals surface area contributed by atoms with Crippen LogP contribution in [0.4, 0.5) is 13.2 Å². The molecule has 4 unspecified atom stereocenters. The maximum absolute atomic E-state index is 13.2. The second-order valence-corrected chi connectivity index (χ2v) is 9.84. The number of aliphatic hydroxyl groups is 1. The molecule has 30 heavy (non-hydrogen) atoms. The first-order valence-electron chi connectivity index (χ1n) is 10.1. The molecular formula is C24H28ClF3O2. The van der Waals surface area contributed by atoms with Gasteiger partial charge < -0.3 is 9.84 Å². The molecule has 0 bridgehead atoms. The van der Waals surface area contributed by atoms with Crippen molar-refractivity contribution in [3.8, 4) is 11.1 Å². The van der Waals surface area contributed by atoms with Crippen LogP contribution in [0.3, 0.4) is 0 Å². The Balaban J connectivity index is 1.67. The van der Waals surface area contributed by atoms with E-state index in [9.17, 15) is 18.3 Å². The van der Waals surface area contributed by atoms with Crippen LogP contribution >= 0.6 is 11.6 Å². The highest BCUT2D eigenvalue weighted by Gasteiger charge is 2.65. The van der Waals surface area contributed by atoms with E-state index in [1.165, 1.54) is 0 Å². The van der Waals surface area contributed by atoms with Crippen LogP contribution < -0.4 is 0 Å². The predicted octanol–water partition coefficient (Wildman–Crippen LogP) is 6.72. The summed E-state index contributed by atoms with van der Waals surface area (Å²) in [6.07, 6.45) is -5.90. The van der Waals surface area contributed by atoms with Crippen LogP contribution in [0.1, 0.15) is 38.3 Å². The van der Waals surface area contributed by atoms with Gasteiger partial charge in [0.1, 0.15) is 4.87 Å². The second kappa shape index (κ2) is 8.18. The van der Waals surface area contributed by atoms with Crippen molar-refractivity contribution in [2.24, 2.45) is 17.3 Å². The van der Waals surface area contributed by atoms with Gasteiger partial charge in [0, 0.05) is 5.92 Å². The Morgan fingerprint density at radius 3 is 2.33 bits per heavy atom. The van der Waals surface area contributed by atoms with Crippen LogP contribution in [0.25, 0.3) is 11.1 Å². The van der Waals surface area contributed by atoms with E-state index >= 15 is 0 Å². The molecule has 2 nitrogen and oxygen atoms in total. The zero-order valence-electron chi connectivity index (χ0n) is 17.6. The molecule has 3 rings (SSSR count). The summed E-state index contributed by atoms with van der Waals surface area (Å²) in [4.78, 5) is -2.32. The van der Waals surface area contributed by atoms with E-state index in [1.807, 2.05) is 69.3 Å². The van der Waals surface area contributed by atoms with E-state index in [0.29, 0.717) is 0 Å². The highest BCUT2D eigenvalue weighted by molar-refractivity contribution is 6.24. The van der Waals surface area contributed by atoms with Gasteiger partial charge in [-0.2, -0.15) is 13.2 Å². The lowest BCUT2D eigenvalue weighted by molar-refractivity contribution is -0.162. The fourth-order valence-electron chi connectivity index (χ4n) is 4.32. The molecule has 1 fully saturated rings. The Morgan fingerprint density at radius 2 is 1.73 bits per heavy atom. The van der Waals surface area contributed by atoms with E-state index in [4.69, 9.17) is 16.3 Å². The molecule has 1 N–H and O–H groups in total. The monoisotopic (exact) mass is 440 g/mol. The minimum atomic E-state index is -4.50. The Kier molecular flexibility index (Phi) is 6.30. The number of alkyl halides is 4. The van der Waals surface area contributed by atoms with E-state index in [0.717, 1.165) is 29.2 Å². The normalized spacial score (nSPS) is 23.6. The summed E-state index contributed by atoms with van der Waals surface area (Å²) in [5.74, 6) is -0.760. The topological polar surface area (TPSA) is 29.5 Å². The van der Waals surface area contributed by atoms with Gasteiger partial charge in [-0.15, -0.1) is 11.6 Å². The van der Waals surface area contributed by atoms with Crippen LogP contribution in [0.5, 0.6) is 0 Å². The van der Waals surface area contributed by atoms with E-state index in [2.05, 4.69) is 0 Å². The van der Waals surface area contributed by atoms with Gasteiger partial charge in [-0.1, -0.05) is 62.4 Å². The molecular weight excluding hydrogens is 413 g/mol. The molecule has 0 heterocycles. The highest BCUT2D eigenvalue weighted by atomic mass is 35.5. The van der Waals surface area contributed by atoms with Gasteiger partial charge in [0.2, 0.25) is 0 Å². The van der Waals surface area contributed by atoms with E-state index < -0.39 is 28.7 Å². The average Bonchev–Trinajstić information content (AvgIpc) is 3.19. The number of benzene rings is 2. The quantitative estimate of drug-likeness (QED) is 0.382. The van der Waals surface area contributed by atoms with Crippen molar-refractivity contribution in [2.45, 2.75) is 58.1 Å². The van der Waals surface area contributed by atoms with Crippen molar-refractivity contribution in [2.75, 3.05) is 0 Å². The number of halogens is 4. The van der Waals surface area contributed by atoms with Crippen molar-refractivity contribution < 1.29 is 23.0 Å². The van der Waals surface area contributed by atoms with Crippen molar-refractivity contribution in [1.29, 1.82) is 0 Å². The zero-order valence-corrected chi connectivity index (χ0v) is 18.4. The lowest BCUT2D eigenvalue weighted by Gasteiger charge is -2.26. The number of rotatable bonds is 7. The minimum absolute atomic E-state index is 0.185. The van der Waals surface area contributed by atoms with Crippen LogP contribution in [0.15, 0.2) is 48.5 Å².